The number of H-pyrrole nitrogens is 1. The van der Waals surface area contributed by atoms with Gasteiger partial charge in [0.15, 0.2) is 0 Å². The van der Waals surface area contributed by atoms with Gasteiger partial charge in [-0.15, -0.1) is 0 Å². The first-order valence-electron chi connectivity index (χ1n) is 8.86. The van der Waals surface area contributed by atoms with Gasteiger partial charge in [0, 0.05) is 18.4 Å². The van der Waals surface area contributed by atoms with E-state index in [1.54, 1.807) is 24.3 Å². The number of rotatable bonds is 4. The lowest BCUT2D eigenvalue weighted by Gasteiger charge is -2.26. The molecule has 3 aromatic rings. The number of hydrogen-bond acceptors (Lipinski definition) is 4. The van der Waals surface area contributed by atoms with Crippen LogP contribution in [0.1, 0.15) is 24.4 Å². The van der Waals surface area contributed by atoms with E-state index in [-0.39, 0.29) is 36.0 Å². The third-order valence-corrected chi connectivity index (χ3v) is 4.74. The van der Waals surface area contributed by atoms with Crippen LogP contribution in [0.25, 0.3) is 10.8 Å². The van der Waals surface area contributed by atoms with E-state index in [1.807, 2.05) is 24.3 Å². The van der Waals surface area contributed by atoms with Crippen molar-refractivity contribution in [3.63, 3.8) is 0 Å². The zero-order valence-electron chi connectivity index (χ0n) is 14.6. The van der Waals surface area contributed by atoms with Gasteiger partial charge in [-0.05, 0) is 18.2 Å². The Morgan fingerprint density at radius 3 is 2.70 bits per heavy atom. The van der Waals surface area contributed by atoms with Crippen molar-refractivity contribution in [1.29, 1.82) is 0 Å². The van der Waals surface area contributed by atoms with Crippen molar-refractivity contribution >= 4 is 16.7 Å². The molecule has 1 aromatic heterocycles. The lowest BCUT2D eigenvalue weighted by atomic mass is 10.0. The summed E-state index contributed by atoms with van der Waals surface area (Å²) in [5, 5.41) is 6.23. The third kappa shape index (κ3) is 3.36. The number of aryl methyl sites for hydroxylation is 1. The van der Waals surface area contributed by atoms with Crippen LogP contribution in [0.5, 0.6) is 5.75 Å². The third-order valence-electron chi connectivity index (χ3n) is 4.74. The number of aromatic amines is 1. The number of nitrogens with zero attached hydrogens (tertiary/aromatic N) is 1. The van der Waals surface area contributed by atoms with Gasteiger partial charge < -0.3 is 10.1 Å². The van der Waals surface area contributed by atoms with Gasteiger partial charge in [0.1, 0.15) is 5.75 Å². The lowest BCUT2D eigenvalue weighted by molar-refractivity contribution is -0.122. The highest BCUT2D eigenvalue weighted by Crippen LogP contribution is 2.31. The molecule has 0 fully saturated rings. The fraction of sp³-hybridized carbons (Fsp3) is 0.250. The number of benzene rings is 2. The average Bonchev–Trinajstić information content (AvgIpc) is 2.70. The van der Waals surface area contributed by atoms with Crippen LogP contribution in [0.4, 0.5) is 0 Å². The summed E-state index contributed by atoms with van der Waals surface area (Å²) in [6.45, 7) is 0.648. The number of carbonyl (C=O) groups excluding carboxylic acids is 1. The summed E-state index contributed by atoms with van der Waals surface area (Å²) in [6.07, 6.45) is 0.781. The first kappa shape index (κ1) is 17.1. The highest BCUT2D eigenvalue weighted by atomic mass is 16.5. The second kappa shape index (κ2) is 7.11. The minimum Gasteiger partial charge on any atom is -0.493 e. The quantitative estimate of drug-likeness (QED) is 0.736. The molecule has 1 aliphatic rings. The molecular formula is C20H19N3O4. The zero-order valence-corrected chi connectivity index (χ0v) is 14.6. The van der Waals surface area contributed by atoms with E-state index in [1.165, 1.54) is 4.68 Å². The number of fused-ring (bicyclic) bond motifs is 2. The molecule has 7 heteroatoms. The van der Waals surface area contributed by atoms with E-state index in [0.29, 0.717) is 23.8 Å². The molecule has 2 N–H and O–H groups in total. The molecule has 2 aromatic carbocycles. The number of hydrogen-bond donors (Lipinski definition) is 2. The molecule has 0 saturated heterocycles. The van der Waals surface area contributed by atoms with Crippen LogP contribution < -0.4 is 21.2 Å². The van der Waals surface area contributed by atoms with E-state index in [0.717, 1.165) is 11.3 Å². The Balaban J connectivity index is 1.48. The Morgan fingerprint density at radius 2 is 1.85 bits per heavy atom. The maximum atomic E-state index is 12.5. The SMILES string of the molecule is O=C(CCn1[nH]c(=O)c2ccccc2c1=O)N[C@@H]1CCOc2ccccc21. The van der Waals surface area contributed by atoms with Gasteiger partial charge in [0.05, 0.1) is 30.0 Å². The summed E-state index contributed by atoms with van der Waals surface area (Å²) in [6, 6.07) is 14.1. The van der Waals surface area contributed by atoms with Crippen molar-refractivity contribution in [1.82, 2.24) is 15.1 Å². The molecule has 0 unspecified atom stereocenters. The standard InChI is InChI=1S/C20H19N3O4/c24-18(21-16-10-12-27-17-8-4-3-7-15(16)17)9-11-23-20(26)14-6-2-1-5-13(14)19(25)22-23/h1-8,16H,9-12H2,(H,21,24)(H,22,25)/t16-/m1/s1. The van der Waals surface area contributed by atoms with Gasteiger partial charge in [-0.3, -0.25) is 19.5 Å². The summed E-state index contributed by atoms with van der Waals surface area (Å²) in [5.41, 5.74) is 0.298. The molecule has 27 heavy (non-hydrogen) atoms. The molecule has 1 amide bonds. The van der Waals surface area contributed by atoms with E-state index in [2.05, 4.69) is 10.4 Å². The normalized spacial score (nSPS) is 15.8. The first-order chi connectivity index (χ1) is 13.1. The van der Waals surface area contributed by atoms with Crippen LogP contribution in [0.2, 0.25) is 0 Å². The Bertz CT molecular complexity index is 1120. The van der Waals surface area contributed by atoms with Crippen molar-refractivity contribution < 1.29 is 9.53 Å². The van der Waals surface area contributed by atoms with E-state index < -0.39 is 0 Å². The smallest absolute Gasteiger partial charge is 0.273 e. The number of nitrogens with one attached hydrogen (secondary N) is 2. The monoisotopic (exact) mass is 365 g/mol. The van der Waals surface area contributed by atoms with Gasteiger partial charge in [0.25, 0.3) is 11.1 Å². The van der Waals surface area contributed by atoms with Crippen molar-refractivity contribution in [2.75, 3.05) is 6.61 Å². The van der Waals surface area contributed by atoms with Crippen LogP contribution in [0, 0.1) is 0 Å². The predicted molar refractivity (Wildman–Crippen MR) is 101 cm³/mol. The molecule has 2 heterocycles. The van der Waals surface area contributed by atoms with Gasteiger partial charge in [0.2, 0.25) is 5.91 Å². The molecule has 0 bridgehead atoms. The summed E-state index contributed by atoms with van der Waals surface area (Å²) in [7, 11) is 0. The minimum atomic E-state index is -0.344. The Kier molecular flexibility index (Phi) is 4.50. The maximum absolute atomic E-state index is 12.5. The molecule has 7 nitrogen and oxygen atoms in total. The van der Waals surface area contributed by atoms with Crippen LogP contribution in [0.3, 0.4) is 0 Å². The van der Waals surface area contributed by atoms with Crippen LogP contribution >= 0.6 is 0 Å². The van der Waals surface area contributed by atoms with Crippen molar-refractivity contribution in [2.24, 2.45) is 0 Å². The molecule has 0 aliphatic carbocycles. The first-order valence-corrected chi connectivity index (χ1v) is 8.86. The fourth-order valence-electron chi connectivity index (χ4n) is 3.38. The van der Waals surface area contributed by atoms with E-state index in [9.17, 15) is 14.4 Å². The molecule has 0 saturated carbocycles. The summed E-state index contributed by atoms with van der Waals surface area (Å²) in [4.78, 5) is 37.0. The number of aromatic nitrogens is 2. The Labute approximate surface area is 154 Å². The second-order valence-electron chi connectivity index (χ2n) is 6.49. The van der Waals surface area contributed by atoms with Crippen LogP contribution in [-0.2, 0) is 11.3 Å². The van der Waals surface area contributed by atoms with E-state index >= 15 is 0 Å². The summed E-state index contributed by atoms with van der Waals surface area (Å²) < 4.78 is 6.79. The molecule has 138 valence electrons. The highest BCUT2D eigenvalue weighted by Gasteiger charge is 2.22. The molecular weight excluding hydrogens is 346 g/mol. The highest BCUT2D eigenvalue weighted by molar-refractivity contribution is 5.80. The molecule has 0 spiro atoms. The van der Waals surface area contributed by atoms with Crippen molar-refractivity contribution in [2.45, 2.75) is 25.4 Å². The maximum Gasteiger partial charge on any atom is 0.273 e. The molecule has 0 radical (unpaired) electrons. The van der Waals surface area contributed by atoms with E-state index in [4.69, 9.17) is 4.74 Å². The molecule has 1 atom stereocenters. The van der Waals surface area contributed by atoms with Crippen molar-refractivity contribution in [3.05, 3.63) is 74.8 Å². The largest absolute Gasteiger partial charge is 0.493 e. The summed E-state index contributed by atoms with van der Waals surface area (Å²) >= 11 is 0. The second-order valence-corrected chi connectivity index (χ2v) is 6.49. The Morgan fingerprint density at radius 1 is 1.11 bits per heavy atom. The predicted octanol–water partition coefficient (Wildman–Crippen LogP) is 1.72. The van der Waals surface area contributed by atoms with Gasteiger partial charge in [-0.2, -0.15) is 0 Å². The van der Waals surface area contributed by atoms with Crippen LogP contribution in [0.15, 0.2) is 58.1 Å². The van der Waals surface area contributed by atoms with Gasteiger partial charge in [-0.25, -0.2) is 4.68 Å². The summed E-state index contributed by atoms with van der Waals surface area (Å²) in [5.74, 6) is 0.599. The number of para-hydroxylation sites is 1. The minimum absolute atomic E-state index is 0.0910. The fourth-order valence-corrected chi connectivity index (χ4v) is 3.38. The van der Waals surface area contributed by atoms with Gasteiger partial charge in [-0.1, -0.05) is 30.3 Å². The molecule has 1 aliphatic heterocycles. The average molecular weight is 365 g/mol. The number of amides is 1. The Hall–Kier alpha value is -3.35. The number of carbonyl (C=O) groups is 1. The lowest BCUT2D eigenvalue weighted by Crippen LogP contribution is -2.35. The zero-order chi connectivity index (χ0) is 18.8. The molecule has 4 rings (SSSR count). The topological polar surface area (TPSA) is 93.2 Å². The van der Waals surface area contributed by atoms with Crippen LogP contribution in [-0.4, -0.2) is 22.3 Å². The van der Waals surface area contributed by atoms with Crippen molar-refractivity contribution in [3.8, 4) is 5.75 Å². The van der Waals surface area contributed by atoms with Gasteiger partial charge >= 0.3 is 0 Å². The number of ether oxygens (including phenoxy) is 1.